The highest BCUT2D eigenvalue weighted by Gasteiger charge is 2.26. The number of benzene rings is 1. The Morgan fingerprint density at radius 3 is 2.30 bits per heavy atom. The van der Waals surface area contributed by atoms with Crippen LogP contribution in [0.3, 0.4) is 0 Å². The second-order valence-electron chi connectivity index (χ2n) is 6.06. The second kappa shape index (κ2) is 8.30. The summed E-state index contributed by atoms with van der Waals surface area (Å²) in [7, 11) is -3.52. The lowest BCUT2D eigenvalue weighted by atomic mass is 10.2. The van der Waals surface area contributed by atoms with Gasteiger partial charge in [-0.3, -0.25) is 9.59 Å². The van der Waals surface area contributed by atoms with E-state index in [9.17, 15) is 18.0 Å². The van der Waals surface area contributed by atoms with E-state index >= 15 is 0 Å². The molecule has 3 rings (SSSR count). The zero-order valence-corrected chi connectivity index (χ0v) is 16.4. The van der Waals surface area contributed by atoms with E-state index < -0.39 is 10.0 Å². The molecule has 2 heterocycles. The third-order valence-corrected chi connectivity index (χ3v) is 7.26. The highest BCUT2D eigenvalue weighted by Crippen LogP contribution is 2.19. The van der Waals surface area contributed by atoms with Gasteiger partial charge in [-0.2, -0.15) is 4.31 Å². The molecule has 0 aliphatic carbocycles. The van der Waals surface area contributed by atoms with Crippen LogP contribution in [0.4, 0.5) is 0 Å². The van der Waals surface area contributed by atoms with Crippen LogP contribution in [0.1, 0.15) is 31.8 Å². The first-order chi connectivity index (χ1) is 12.9. The zero-order chi connectivity index (χ0) is 19.4. The molecule has 144 valence electrons. The zero-order valence-electron chi connectivity index (χ0n) is 14.8. The van der Waals surface area contributed by atoms with E-state index in [4.69, 9.17) is 4.74 Å². The summed E-state index contributed by atoms with van der Waals surface area (Å²) in [6.45, 7) is 3.23. The highest BCUT2D eigenvalue weighted by atomic mass is 32.2. The van der Waals surface area contributed by atoms with Crippen molar-refractivity contribution in [3.05, 3.63) is 51.7 Å². The van der Waals surface area contributed by atoms with Gasteiger partial charge in [0.15, 0.2) is 5.78 Å². The minimum absolute atomic E-state index is 0.0730. The van der Waals surface area contributed by atoms with Gasteiger partial charge in [0.2, 0.25) is 10.0 Å². The number of thiophene rings is 1. The molecule has 1 fully saturated rings. The first kappa shape index (κ1) is 19.7. The summed E-state index contributed by atoms with van der Waals surface area (Å²) in [6.07, 6.45) is 0. The Morgan fingerprint density at radius 1 is 1.07 bits per heavy atom. The second-order valence-corrected chi connectivity index (χ2v) is 9.08. The number of hydrogen-bond donors (Lipinski definition) is 1. The molecule has 1 N–H and O–H groups in total. The van der Waals surface area contributed by atoms with Crippen LogP contribution in [-0.2, 0) is 21.3 Å². The Bertz CT molecular complexity index is 929. The fraction of sp³-hybridized carbons (Fsp3) is 0.333. The number of nitrogens with one attached hydrogen (secondary N) is 1. The molecule has 1 aromatic heterocycles. The smallest absolute Gasteiger partial charge is 0.261 e. The molecular weight excluding hydrogens is 388 g/mol. The maximum Gasteiger partial charge on any atom is 0.261 e. The van der Waals surface area contributed by atoms with E-state index in [1.807, 2.05) is 0 Å². The van der Waals surface area contributed by atoms with Crippen LogP contribution < -0.4 is 5.32 Å². The maximum absolute atomic E-state index is 12.6. The topological polar surface area (TPSA) is 92.8 Å². The minimum Gasteiger partial charge on any atom is -0.379 e. The third kappa shape index (κ3) is 4.62. The number of morpholine rings is 1. The molecule has 0 radical (unpaired) electrons. The SMILES string of the molecule is CC(=O)c1ccc(C(=O)NCc2ccc(S(=O)(=O)N3CCOCC3)cc2)s1. The molecule has 0 unspecified atom stereocenters. The van der Waals surface area contributed by atoms with Crippen molar-refractivity contribution in [3.63, 3.8) is 0 Å². The van der Waals surface area contributed by atoms with E-state index in [1.54, 1.807) is 36.4 Å². The minimum atomic E-state index is -3.52. The largest absolute Gasteiger partial charge is 0.379 e. The Hall–Kier alpha value is -2.07. The van der Waals surface area contributed by atoms with Crippen LogP contribution >= 0.6 is 11.3 Å². The van der Waals surface area contributed by atoms with Crippen LogP contribution in [-0.4, -0.2) is 50.7 Å². The van der Waals surface area contributed by atoms with Crippen LogP contribution in [0.2, 0.25) is 0 Å². The van der Waals surface area contributed by atoms with Crippen LogP contribution in [0, 0.1) is 0 Å². The standard InChI is InChI=1S/C18H20N2O5S2/c1-13(21)16-6-7-17(26-16)18(22)19-12-14-2-4-15(5-3-14)27(23,24)20-8-10-25-11-9-20/h2-7H,8-12H2,1H3,(H,19,22). The lowest BCUT2D eigenvalue weighted by Crippen LogP contribution is -2.40. The van der Waals surface area contributed by atoms with Gasteiger partial charge in [0, 0.05) is 19.6 Å². The third-order valence-electron chi connectivity index (χ3n) is 4.16. The van der Waals surface area contributed by atoms with Crippen LogP contribution in [0.15, 0.2) is 41.3 Å². The van der Waals surface area contributed by atoms with Gasteiger partial charge in [-0.15, -0.1) is 11.3 Å². The highest BCUT2D eigenvalue weighted by molar-refractivity contribution is 7.89. The van der Waals surface area contributed by atoms with E-state index in [1.165, 1.54) is 11.2 Å². The first-order valence-electron chi connectivity index (χ1n) is 8.44. The number of ketones is 1. The number of hydrogen-bond acceptors (Lipinski definition) is 6. The Morgan fingerprint density at radius 2 is 1.70 bits per heavy atom. The number of ether oxygens (including phenoxy) is 1. The Kier molecular flexibility index (Phi) is 6.05. The summed E-state index contributed by atoms with van der Waals surface area (Å²) < 4.78 is 31.8. The predicted molar refractivity (Wildman–Crippen MR) is 102 cm³/mol. The molecule has 0 bridgehead atoms. The summed E-state index contributed by atoms with van der Waals surface area (Å²) in [5.74, 6) is -0.339. The van der Waals surface area contributed by atoms with Gasteiger partial charge in [0.05, 0.1) is 27.9 Å². The molecule has 9 heteroatoms. The number of nitrogens with zero attached hydrogens (tertiary/aromatic N) is 1. The quantitative estimate of drug-likeness (QED) is 0.737. The van der Waals surface area contributed by atoms with Crippen molar-refractivity contribution in [2.75, 3.05) is 26.3 Å². The molecule has 0 saturated carbocycles. The fourth-order valence-corrected chi connectivity index (χ4v) is 4.86. The summed E-state index contributed by atoms with van der Waals surface area (Å²) in [6, 6.07) is 9.71. The lowest BCUT2D eigenvalue weighted by Gasteiger charge is -2.26. The van der Waals surface area contributed by atoms with Crippen molar-refractivity contribution < 1.29 is 22.7 Å². The van der Waals surface area contributed by atoms with Crippen molar-refractivity contribution in [1.29, 1.82) is 0 Å². The fourth-order valence-electron chi connectivity index (χ4n) is 2.63. The van der Waals surface area contributed by atoms with Gasteiger partial charge in [0.25, 0.3) is 5.91 Å². The lowest BCUT2D eigenvalue weighted by molar-refractivity contribution is 0.0730. The van der Waals surface area contributed by atoms with Gasteiger partial charge >= 0.3 is 0 Å². The Labute approximate surface area is 162 Å². The van der Waals surface area contributed by atoms with Crippen molar-refractivity contribution in [2.45, 2.75) is 18.4 Å². The molecule has 2 aromatic rings. The van der Waals surface area contributed by atoms with E-state index in [2.05, 4.69) is 5.32 Å². The van der Waals surface area contributed by atoms with E-state index in [0.29, 0.717) is 36.1 Å². The van der Waals surface area contributed by atoms with Crippen molar-refractivity contribution >= 4 is 33.1 Å². The molecule has 1 aliphatic rings. The number of sulfonamides is 1. The monoisotopic (exact) mass is 408 g/mol. The molecule has 1 amide bonds. The van der Waals surface area contributed by atoms with E-state index in [0.717, 1.165) is 16.9 Å². The summed E-state index contributed by atoms with van der Waals surface area (Å²) in [5, 5.41) is 2.77. The Balaban J connectivity index is 1.61. The molecular formula is C18H20N2O5S2. The van der Waals surface area contributed by atoms with E-state index in [-0.39, 0.29) is 23.1 Å². The molecule has 7 nitrogen and oxygen atoms in total. The molecule has 1 saturated heterocycles. The molecule has 1 aliphatic heterocycles. The summed E-state index contributed by atoms with van der Waals surface area (Å²) >= 11 is 1.15. The molecule has 27 heavy (non-hydrogen) atoms. The number of rotatable bonds is 6. The van der Waals surface area contributed by atoms with Crippen molar-refractivity contribution in [3.8, 4) is 0 Å². The van der Waals surface area contributed by atoms with Crippen LogP contribution in [0.25, 0.3) is 0 Å². The predicted octanol–water partition coefficient (Wildman–Crippen LogP) is 1.90. The van der Waals surface area contributed by atoms with Crippen LogP contribution in [0.5, 0.6) is 0 Å². The molecule has 0 spiro atoms. The average molecular weight is 409 g/mol. The van der Waals surface area contributed by atoms with Gasteiger partial charge in [-0.1, -0.05) is 12.1 Å². The van der Waals surface area contributed by atoms with Crippen molar-refractivity contribution in [2.24, 2.45) is 0 Å². The number of carbonyl (C=O) groups excluding carboxylic acids is 2. The number of carbonyl (C=O) groups is 2. The summed E-state index contributed by atoms with van der Waals surface area (Å²) in [5.41, 5.74) is 0.785. The first-order valence-corrected chi connectivity index (χ1v) is 10.7. The average Bonchev–Trinajstić information content (AvgIpc) is 3.18. The summed E-state index contributed by atoms with van der Waals surface area (Å²) in [4.78, 5) is 24.7. The molecule has 0 atom stereocenters. The van der Waals surface area contributed by atoms with Gasteiger partial charge in [-0.05, 0) is 36.8 Å². The van der Waals surface area contributed by atoms with Gasteiger partial charge in [-0.25, -0.2) is 8.42 Å². The normalized spacial score (nSPS) is 15.4. The van der Waals surface area contributed by atoms with Crippen molar-refractivity contribution in [1.82, 2.24) is 9.62 Å². The number of amides is 1. The number of Topliss-reactive ketones (excluding diaryl/α,β-unsaturated/α-hetero) is 1. The van der Waals surface area contributed by atoms with Gasteiger partial charge in [0.1, 0.15) is 0 Å². The molecule has 1 aromatic carbocycles. The van der Waals surface area contributed by atoms with Gasteiger partial charge < -0.3 is 10.1 Å². The maximum atomic E-state index is 12.6.